The highest BCUT2D eigenvalue weighted by Gasteiger charge is 2.07. The highest BCUT2D eigenvalue weighted by Crippen LogP contribution is 2.30. The molecule has 0 bridgehead atoms. The largest absolute Gasteiger partial charge is 0.480 e. The molecule has 1 heterocycles. The summed E-state index contributed by atoms with van der Waals surface area (Å²) in [5.41, 5.74) is 1.25. The Labute approximate surface area is 135 Å². The van der Waals surface area contributed by atoms with Crippen LogP contribution in [0.2, 0.25) is 0 Å². The summed E-state index contributed by atoms with van der Waals surface area (Å²) in [7, 11) is 0. The Bertz CT molecular complexity index is 799. The van der Waals surface area contributed by atoms with Crippen LogP contribution < -0.4 is 5.32 Å². The first-order valence-electron chi connectivity index (χ1n) is 6.61. The van der Waals surface area contributed by atoms with Gasteiger partial charge in [-0.15, -0.1) is 10.2 Å². The van der Waals surface area contributed by atoms with E-state index in [1.165, 1.54) is 27.7 Å². The summed E-state index contributed by atoms with van der Waals surface area (Å²) in [5, 5.41) is 22.3. The number of anilines is 1. The Morgan fingerprint density at radius 1 is 1.18 bits per heavy atom. The van der Waals surface area contributed by atoms with Crippen molar-refractivity contribution in [1.82, 2.24) is 10.2 Å². The molecule has 0 radical (unpaired) electrons. The van der Waals surface area contributed by atoms with Crippen LogP contribution in [0, 0.1) is 0 Å². The first-order valence-corrected chi connectivity index (χ1v) is 8.41. The lowest BCUT2D eigenvalue weighted by Gasteiger charge is -2.04. The monoisotopic (exact) mass is 331 g/mol. The average molecular weight is 331 g/mol. The molecule has 0 aliphatic carbocycles. The van der Waals surface area contributed by atoms with Crippen LogP contribution >= 0.6 is 23.1 Å². The van der Waals surface area contributed by atoms with Crippen LogP contribution in [-0.4, -0.2) is 27.8 Å². The number of nitrogens with one attached hydrogen (secondary N) is 1. The number of nitrogens with zero attached hydrogens (tertiary/aromatic N) is 2. The standard InChI is InChI=1S/C15H13N3O2S2/c19-13(20)8-16-14-17-18-15(22-14)21-9-11-6-3-5-10-4-1-2-7-12(10)11/h1-7H,8-9H2,(H,16,17)(H,19,20). The van der Waals surface area contributed by atoms with Crippen LogP contribution in [0.25, 0.3) is 10.8 Å². The van der Waals surface area contributed by atoms with Crippen LogP contribution in [0.15, 0.2) is 46.8 Å². The maximum atomic E-state index is 10.5. The molecule has 0 spiro atoms. The molecule has 0 fully saturated rings. The Morgan fingerprint density at radius 2 is 2.00 bits per heavy atom. The van der Waals surface area contributed by atoms with Gasteiger partial charge in [-0.25, -0.2) is 0 Å². The molecule has 0 aliphatic rings. The van der Waals surface area contributed by atoms with E-state index in [1.54, 1.807) is 11.8 Å². The van der Waals surface area contributed by atoms with Gasteiger partial charge in [0.15, 0.2) is 4.34 Å². The predicted molar refractivity (Wildman–Crippen MR) is 89.5 cm³/mol. The van der Waals surface area contributed by atoms with Crippen molar-refractivity contribution in [3.8, 4) is 0 Å². The Hall–Kier alpha value is -2.12. The molecule has 22 heavy (non-hydrogen) atoms. The first kappa shape index (κ1) is 14.8. The number of hydrogen-bond donors (Lipinski definition) is 2. The van der Waals surface area contributed by atoms with Gasteiger partial charge in [-0.05, 0) is 16.3 Å². The molecule has 112 valence electrons. The molecule has 7 heteroatoms. The molecule has 1 aromatic heterocycles. The van der Waals surface area contributed by atoms with Gasteiger partial charge in [0.05, 0.1) is 0 Å². The number of fused-ring (bicyclic) bond motifs is 1. The van der Waals surface area contributed by atoms with Gasteiger partial charge in [0, 0.05) is 5.75 Å². The zero-order valence-corrected chi connectivity index (χ0v) is 13.2. The number of hydrogen-bond acceptors (Lipinski definition) is 6. The number of benzene rings is 2. The van der Waals surface area contributed by atoms with Gasteiger partial charge in [-0.2, -0.15) is 0 Å². The summed E-state index contributed by atoms with van der Waals surface area (Å²) in [6.07, 6.45) is 0. The maximum absolute atomic E-state index is 10.5. The van der Waals surface area contributed by atoms with E-state index in [9.17, 15) is 4.79 Å². The van der Waals surface area contributed by atoms with Crippen LogP contribution in [0.4, 0.5) is 5.13 Å². The van der Waals surface area contributed by atoms with Gasteiger partial charge in [0.25, 0.3) is 0 Å². The minimum Gasteiger partial charge on any atom is -0.480 e. The lowest BCUT2D eigenvalue weighted by molar-refractivity contribution is -0.134. The molecule has 2 N–H and O–H groups in total. The van der Waals surface area contributed by atoms with E-state index in [4.69, 9.17) is 5.11 Å². The van der Waals surface area contributed by atoms with Crippen molar-refractivity contribution in [2.75, 3.05) is 11.9 Å². The minimum absolute atomic E-state index is 0.150. The number of rotatable bonds is 6. The molecule has 0 amide bonds. The van der Waals surface area contributed by atoms with E-state index < -0.39 is 5.97 Å². The second-order valence-corrected chi connectivity index (χ2v) is 6.75. The highest BCUT2D eigenvalue weighted by molar-refractivity contribution is 8.00. The predicted octanol–water partition coefficient (Wildman–Crippen LogP) is 3.48. The lowest BCUT2D eigenvalue weighted by Crippen LogP contribution is -2.11. The molecule has 0 atom stereocenters. The number of carboxylic acid groups (broad SMARTS) is 1. The quantitative estimate of drug-likeness (QED) is 0.674. The van der Waals surface area contributed by atoms with Crippen LogP contribution in [0.5, 0.6) is 0 Å². The molecule has 3 aromatic rings. The van der Waals surface area contributed by atoms with E-state index in [1.807, 2.05) is 12.1 Å². The third-order valence-electron chi connectivity index (χ3n) is 3.03. The Balaban J connectivity index is 1.68. The molecular weight excluding hydrogens is 318 g/mol. The zero-order valence-electron chi connectivity index (χ0n) is 11.5. The highest BCUT2D eigenvalue weighted by atomic mass is 32.2. The van der Waals surface area contributed by atoms with E-state index in [0.717, 1.165) is 10.1 Å². The van der Waals surface area contributed by atoms with Gasteiger partial charge < -0.3 is 10.4 Å². The van der Waals surface area contributed by atoms with Crippen molar-refractivity contribution >= 4 is 45.0 Å². The summed E-state index contributed by atoms with van der Waals surface area (Å²) in [5.74, 6) is -0.116. The number of thioether (sulfide) groups is 1. The fourth-order valence-electron chi connectivity index (χ4n) is 2.05. The van der Waals surface area contributed by atoms with Crippen molar-refractivity contribution in [2.45, 2.75) is 10.1 Å². The van der Waals surface area contributed by atoms with Gasteiger partial charge in [-0.3, -0.25) is 4.79 Å². The van der Waals surface area contributed by atoms with E-state index in [0.29, 0.717) is 5.13 Å². The fourth-order valence-corrected chi connectivity index (χ4v) is 3.80. The first-order chi connectivity index (χ1) is 10.7. The van der Waals surface area contributed by atoms with Crippen molar-refractivity contribution in [1.29, 1.82) is 0 Å². The van der Waals surface area contributed by atoms with Crippen molar-refractivity contribution in [3.63, 3.8) is 0 Å². The smallest absolute Gasteiger partial charge is 0.322 e. The summed E-state index contributed by atoms with van der Waals surface area (Å²) in [4.78, 5) is 10.5. The number of aromatic nitrogens is 2. The molecule has 0 saturated carbocycles. The Morgan fingerprint density at radius 3 is 2.86 bits per heavy atom. The SMILES string of the molecule is O=C(O)CNc1nnc(SCc2cccc3ccccc23)s1. The maximum Gasteiger partial charge on any atom is 0.322 e. The molecular formula is C15H13N3O2S2. The fraction of sp³-hybridized carbons (Fsp3) is 0.133. The van der Waals surface area contributed by atoms with Gasteiger partial charge in [0.2, 0.25) is 5.13 Å². The second-order valence-electron chi connectivity index (χ2n) is 4.55. The molecule has 2 aromatic carbocycles. The van der Waals surface area contributed by atoms with Gasteiger partial charge in [-0.1, -0.05) is 65.6 Å². The molecule has 0 saturated heterocycles. The molecule has 3 rings (SSSR count). The van der Waals surface area contributed by atoms with Crippen LogP contribution in [-0.2, 0) is 10.5 Å². The average Bonchev–Trinajstić information content (AvgIpc) is 2.99. The zero-order chi connectivity index (χ0) is 15.4. The topological polar surface area (TPSA) is 75.1 Å². The third kappa shape index (κ3) is 3.55. The van der Waals surface area contributed by atoms with Crippen molar-refractivity contribution in [2.24, 2.45) is 0 Å². The summed E-state index contributed by atoms with van der Waals surface area (Å²) < 4.78 is 0.820. The summed E-state index contributed by atoms with van der Waals surface area (Å²) >= 11 is 2.97. The molecule has 5 nitrogen and oxygen atoms in total. The van der Waals surface area contributed by atoms with E-state index in [2.05, 4.69) is 45.8 Å². The van der Waals surface area contributed by atoms with Crippen LogP contribution in [0.3, 0.4) is 0 Å². The van der Waals surface area contributed by atoms with E-state index >= 15 is 0 Å². The number of carboxylic acids is 1. The summed E-state index contributed by atoms with van der Waals surface area (Å²) in [6.45, 7) is -0.150. The van der Waals surface area contributed by atoms with Crippen molar-refractivity contribution < 1.29 is 9.90 Å². The van der Waals surface area contributed by atoms with Crippen molar-refractivity contribution in [3.05, 3.63) is 48.0 Å². The summed E-state index contributed by atoms with van der Waals surface area (Å²) in [6, 6.07) is 14.5. The van der Waals surface area contributed by atoms with Crippen LogP contribution in [0.1, 0.15) is 5.56 Å². The lowest BCUT2D eigenvalue weighted by atomic mass is 10.1. The van der Waals surface area contributed by atoms with Gasteiger partial charge in [0.1, 0.15) is 6.54 Å². The number of carbonyl (C=O) groups is 1. The number of aliphatic carboxylic acids is 1. The molecule has 0 unspecified atom stereocenters. The Kier molecular flexibility index (Phi) is 4.55. The third-order valence-corrected chi connectivity index (χ3v) is 5.09. The van der Waals surface area contributed by atoms with E-state index in [-0.39, 0.29) is 6.54 Å². The van der Waals surface area contributed by atoms with Gasteiger partial charge >= 0.3 is 5.97 Å². The second kappa shape index (κ2) is 6.76. The molecule has 0 aliphatic heterocycles. The normalized spacial score (nSPS) is 10.7. The minimum atomic E-state index is -0.917.